The molecule has 0 bridgehead atoms. The average molecular weight is 465 g/mol. The van der Waals surface area contributed by atoms with E-state index in [9.17, 15) is 22.0 Å². The first-order chi connectivity index (χ1) is 15.8. The van der Waals surface area contributed by atoms with Crippen molar-refractivity contribution in [2.45, 2.75) is 44.3 Å². The van der Waals surface area contributed by atoms with Crippen LogP contribution in [0.3, 0.4) is 0 Å². The van der Waals surface area contributed by atoms with Crippen molar-refractivity contribution in [3.05, 3.63) is 58.9 Å². The van der Waals surface area contributed by atoms with Crippen LogP contribution in [-0.2, 0) is 6.54 Å². The highest BCUT2D eigenvalue weighted by molar-refractivity contribution is 5.90. The highest BCUT2D eigenvalue weighted by atomic mass is 19.2. The Kier molecular flexibility index (Phi) is 6.64. The van der Waals surface area contributed by atoms with E-state index in [1.54, 1.807) is 0 Å². The maximum Gasteiger partial charge on any atom is 0.225 e. The van der Waals surface area contributed by atoms with Gasteiger partial charge in [-0.25, -0.2) is 26.9 Å². The Bertz CT molecular complexity index is 1130. The molecule has 1 heterocycles. The molecule has 4 rings (SSSR count). The highest BCUT2D eigenvalue weighted by Gasteiger charge is 2.27. The van der Waals surface area contributed by atoms with Gasteiger partial charge in [0.25, 0.3) is 0 Å². The minimum absolute atomic E-state index is 0.104. The summed E-state index contributed by atoms with van der Waals surface area (Å²) < 4.78 is 67.7. The summed E-state index contributed by atoms with van der Waals surface area (Å²) in [6, 6.07) is 7.75. The lowest BCUT2D eigenvalue weighted by molar-refractivity contribution is 0.336. The van der Waals surface area contributed by atoms with E-state index in [-0.39, 0.29) is 12.1 Å². The lowest BCUT2D eigenvalue weighted by Gasteiger charge is -2.30. The molecule has 10 heteroatoms. The van der Waals surface area contributed by atoms with Gasteiger partial charge in [-0.05, 0) is 37.8 Å². The number of hydrogen-bond acceptors (Lipinski definition) is 5. The maximum atomic E-state index is 13.9. The molecule has 0 amide bonds. The fourth-order valence-corrected chi connectivity index (χ4v) is 4.14. The zero-order valence-electron chi connectivity index (χ0n) is 18.2. The molecular weight excluding hydrogens is 441 g/mol. The van der Waals surface area contributed by atoms with Crippen LogP contribution in [0.4, 0.5) is 33.7 Å². The molecule has 1 aliphatic rings. The number of fused-ring (bicyclic) bond motifs is 1. The number of nitrogens with one attached hydrogen (secondary N) is 2. The molecule has 1 aromatic heterocycles. The van der Waals surface area contributed by atoms with Crippen molar-refractivity contribution in [3.63, 3.8) is 0 Å². The normalized spacial score (nSPS) is 18.5. The minimum atomic E-state index is -2.14. The van der Waals surface area contributed by atoms with Gasteiger partial charge >= 0.3 is 0 Å². The second kappa shape index (κ2) is 9.46. The highest BCUT2D eigenvalue weighted by Crippen LogP contribution is 2.27. The molecule has 3 aromatic rings. The van der Waals surface area contributed by atoms with Crippen LogP contribution in [0.2, 0.25) is 0 Å². The van der Waals surface area contributed by atoms with Crippen molar-refractivity contribution in [2.75, 3.05) is 24.3 Å². The van der Waals surface area contributed by atoms with Crippen LogP contribution in [0.25, 0.3) is 10.9 Å². The van der Waals surface area contributed by atoms with Gasteiger partial charge in [-0.15, -0.1) is 0 Å². The van der Waals surface area contributed by atoms with Gasteiger partial charge in [0.2, 0.25) is 11.8 Å². The molecule has 176 valence electrons. The maximum absolute atomic E-state index is 13.9. The van der Waals surface area contributed by atoms with Crippen molar-refractivity contribution in [1.29, 1.82) is 0 Å². The molecule has 0 aliphatic heterocycles. The van der Waals surface area contributed by atoms with E-state index in [1.165, 1.54) is 0 Å². The lowest BCUT2D eigenvalue weighted by atomic mass is 9.91. The topological polar surface area (TPSA) is 53.1 Å². The Labute approximate surface area is 188 Å². The second-order valence-corrected chi connectivity index (χ2v) is 8.40. The Morgan fingerprint density at radius 2 is 1.39 bits per heavy atom. The Morgan fingerprint density at radius 3 is 2.03 bits per heavy atom. The third kappa shape index (κ3) is 4.71. The molecule has 0 unspecified atom stereocenters. The molecule has 5 nitrogen and oxygen atoms in total. The predicted molar refractivity (Wildman–Crippen MR) is 117 cm³/mol. The number of benzene rings is 2. The van der Waals surface area contributed by atoms with Crippen LogP contribution in [0.5, 0.6) is 0 Å². The van der Waals surface area contributed by atoms with Gasteiger partial charge in [0.1, 0.15) is 5.82 Å². The van der Waals surface area contributed by atoms with E-state index in [0.717, 1.165) is 29.6 Å². The smallest absolute Gasteiger partial charge is 0.225 e. The molecule has 33 heavy (non-hydrogen) atoms. The van der Waals surface area contributed by atoms with Crippen LogP contribution < -0.4 is 15.5 Å². The summed E-state index contributed by atoms with van der Waals surface area (Å²) in [5.41, 5.74) is -0.00991. The summed E-state index contributed by atoms with van der Waals surface area (Å²) in [5, 5.41) is 7.24. The summed E-state index contributed by atoms with van der Waals surface area (Å²) >= 11 is 0. The second-order valence-electron chi connectivity index (χ2n) is 8.40. The summed E-state index contributed by atoms with van der Waals surface area (Å²) in [6.07, 6.45) is 2.81. The molecule has 1 aliphatic carbocycles. The van der Waals surface area contributed by atoms with Crippen molar-refractivity contribution in [3.8, 4) is 0 Å². The molecule has 0 saturated heterocycles. The lowest BCUT2D eigenvalue weighted by Crippen LogP contribution is -2.37. The minimum Gasteiger partial charge on any atom is -0.362 e. The van der Waals surface area contributed by atoms with Gasteiger partial charge in [0.05, 0.1) is 5.52 Å². The van der Waals surface area contributed by atoms with Crippen molar-refractivity contribution < 1.29 is 22.0 Å². The molecular formula is C23H24F5N5. The third-order valence-electron chi connectivity index (χ3n) is 5.94. The zero-order chi connectivity index (χ0) is 23.7. The first kappa shape index (κ1) is 23.2. The van der Waals surface area contributed by atoms with E-state index < -0.39 is 41.2 Å². The quantitative estimate of drug-likeness (QED) is 0.308. The zero-order valence-corrected chi connectivity index (χ0v) is 18.2. The van der Waals surface area contributed by atoms with E-state index in [4.69, 9.17) is 0 Å². The number of para-hydroxylation sites is 1. The summed E-state index contributed by atoms with van der Waals surface area (Å²) in [5.74, 6) is -8.25. The number of anilines is 2. The summed E-state index contributed by atoms with van der Waals surface area (Å²) in [6.45, 7) is -0.436. The molecule has 0 radical (unpaired) electrons. The van der Waals surface area contributed by atoms with Crippen LogP contribution >= 0.6 is 0 Å². The molecule has 0 spiro atoms. The van der Waals surface area contributed by atoms with Gasteiger partial charge in [0, 0.05) is 43.7 Å². The van der Waals surface area contributed by atoms with Gasteiger partial charge < -0.3 is 15.5 Å². The molecule has 0 atom stereocenters. The fourth-order valence-electron chi connectivity index (χ4n) is 4.14. The Hall–Kier alpha value is -3.01. The van der Waals surface area contributed by atoms with E-state index in [1.807, 2.05) is 43.3 Å². The van der Waals surface area contributed by atoms with Crippen molar-refractivity contribution in [1.82, 2.24) is 15.3 Å². The monoisotopic (exact) mass is 465 g/mol. The number of halogens is 5. The molecule has 2 N–H and O–H groups in total. The number of aromatic nitrogens is 2. The van der Waals surface area contributed by atoms with Crippen molar-refractivity contribution >= 4 is 22.7 Å². The van der Waals surface area contributed by atoms with Gasteiger partial charge in [0.15, 0.2) is 23.3 Å². The van der Waals surface area contributed by atoms with Gasteiger partial charge in [-0.2, -0.15) is 4.98 Å². The predicted octanol–water partition coefficient (Wildman–Crippen LogP) is 4.90. The first-order valence-electron chi connectivity index (χ1n) is 10.7. The third-order valence-corrected chi connectivity index (χ3v) is 5.94. The number of hydrogen-bond donors (Lipinski definition) is 2. The van der Waals surface area contributed by atoms with Crippen LogP contribution in [0.1, 0.15) is 31.2 Å². The summed E-state index contributed by atoms with van der Waals surface area (Å²) in [7, 11) is 3.83. The molecule has 1 fully saturated rings. The first-order valence-corrected chi connectivity index (χ1v) is 10.7. The number of nitrogens with zero attached hydrogens (tertiary/aromatic N) is 3. The van der Waals surface area contributed by atoms with E-state index in [2.05, 4.69) is 20.6 Å². The summed E-state index contributed by atoms with van der Waals surface area (Å²) in [4.78, 5) is 11.2. The van der Waals surface area contributed by atoms with Gasteiger partial charge in [-0.1, -0.05) is 12.1 Å². The van der Waals surface area contributed by atoms with Gasteiger partial charge in [-0.3, -0.25) is 0 Å². The van der Waals surface area contributed by atoms with Crippen LogP contribution in [0, 0.1) is 29.1 Å². The van der Waals surface area contributed by atoms with Crippen LogP contribution in [-0.4, -0.2) is 36.1 Å². The Balaban J connectivity index is 1.38. The fraction of sp³-hybridized carbons (Fsp3) is 0.391. The van der Waals surface area contributed by atoms with Crippen LogP contribution in [0.15, 0.2) is 24.3 Å². The largest absolute Gasteiger partial charge is 0.362 e. The van der Waals surface area contributed by atoms with E-state index in [0.29, 0.717) is 18.8 Å². The Morgan fingerprint density at radius 1 is 0.818 bits per heavy atom. The SMILES string of the molecule is CN(C)c1nc(NC2CCC(NCc3c(F)c(F)c(F)c(F)c3F)CC2)nc2ccccc12. The van der Waals surface area contributed by atoms with E-state index >= 15 is 0 Å². The number of rotatable bonds is 6. The molecule has 2 aromatic carbocycles. The molecule has 1 saturated carbocycles. The average Bonchev–Trinajstić information content (AvgIpc) is 2.82. The standard InChI is InChI=1S/C23H24F5N5/c1-33(2)22-14-5-3-4-6-16(14)31-23(32-22)30-13-9-7-12(8-10-13)29-11-15-17(24)19(26)21(28)20(27)18(15)25/h3-6,12-13,29H,7-11H2,1-2H3,(H,30,31,32). The van der Waals surface area contributed by atoms with Crippen molar-refractivity contribution in [2.24, 2.45) is 0 Å².